The first kappa shape index (κ1) is 26.9. The standard InChI is InChI=1S/C32H49NO4/c1-19(2)21-11-16-32(27(35)36)18-17-30(7)22(26(21)32)9-10-24-29(6)14-13-25(33-37-20(3)34)28(4,5)23(29)12-15-31(24,30)8/h21-24,26H,1,9-18H2,2-8H3,(H,35,36)/b33-25+/t21-,22+,23-,24+,26+,29-,30+,31+,32?/m0/s1. The molecule has 0 aromatic rings. The SMILES string of the molecule is C=C(C)[C@@H]1CCC2(C(=O)O)CC[C@]3(C)[C@H](CC[C@@H]4[C@@]5(C)CC/C(=N\OC(C)=O)C(C)(C)[C@@H]5CC[C@]43C)[C@@H]12. The molecular formula is C32H49NO4. The summed E-state index contributed by atoms with van der Waals surface area (Å²) in [6.07, 6.45) is 10.3. The van der Waals surface area contributed by atoms with Gasteiger partial charge in [0, 0.05) is 12.3 Å². The highest BCUT2D eigenvalue weighted by atomic mass is 16.7. The zero-order valence-corrected chi connectivity index (χ0v) is 24.3. The molecule has 5 nitrogen and oxygen atoms in total. The second-order valence-electron chi connectivity index (χ2n) is 15.0. The average molecular weight is 512 g/mol. The Morgan fingerprint density at radius 2 is 1.59 bits per heavy atom. The summed E-state index contributed by atoms with van der Waals surface area (Å²) in [5, 5.41) is 14.9. The Morgan fingerprint density at radius 3 is 2.22 bits per heavy atom. The number of aliphatic carboxylic acids is 1. The lowest BCUT2D eigenvalue weighted by molar-refractivity contribution is -0.230. The second kappa shape index (κ2) is 8.42. The Hall–Kier alpha value is -1.65. The van der Waals surface area contributed by atoms with Crippen molar-refractivity contribution in [1.29, 1.82) is 0 Å². The van der Waals surface area contributed by atoms with Crippen LogP contribution >= 0.6 is 0 Å². The third kappa shape index (κ3) is 3.43. The van der Waals surface area contributed by atoms with Crippen molar-refractivity contribution in [2.24, 2.45) is 61.8 Å². The fourth-order valence-electron chi connectivity index (χ4n) is 11.6. The topological polar surface area (TPSA) is 76.0 Å². The van der Waals surface area contributed by atoms with E-state index in [0.29, 0.717) is 23.7 Å². The summed E-state index contributed by atoms with van der Waals surface area (Å²) in [5.41, 5.74) is 2.08. The van der Waals surface area contributed by atoms with Crippen LogP contribution in [0.1, 0.15) is 113 Å². The number of nitrogens with zero attached hydrogens (tertiary/aromatic N) is 1. The molecule has 5 aliphatic carbocycles. The van der Waals surface area contributed by atoms with Gasteiger partial charge in [-0.05, 0) is 117 Å². The number of carbonyl (C=O) groups excluding carboxylic acids is 1. The van der Waals surface area contributed by atoms with Crippen LogP contribution < -0.4 is 0 Å². The summed E-state index contributed by atoms with van der Waals surface area (Å²) in [4.78, 5) is 29.4. The van der Waals surface area contributed by atoms with Gasteiger partial charge in [0.15, 0.2) is 0 Å². The van der Waals surface area contributed by atoms with Gasteiger partial charge in [0.2, 0.25) is 0 Å². The highest BCUT2D eigenvalue weighted by molar-refractivity contribution is 5.91. The predicted octanol–water partition coefficient (Wildman–Crippen LogP) is 7.65. The van der Waals surface area contributed by atoms with E-state index in [1.807, 2.05) is 0 Å². The van der Waals surface area contributed by atoms with Crippen LogP contribution in [-0.2, 0) is 14.4 Å². The zero-order valence-electron chi connectivity index (χ0n) is 24.3. The Labute approximate surface area is 223 Å². The first-order valence-corrected chi connectivity index (χ1v) is 14.8. The van der Waals surface area contributed by atoms with E-state index in [1.165, 1.54) is 25.3 Å². The van der Waals surface area contributed by atoms with Gasteiger partial charge in [-0.25, -0.2) is 4.79 Å². The summed E-state index contributed by atoms with van der Waals surface area (Å²) in [6, 6.07) is 0. The fraction of sp³-hybridized carbons (Fsp3) is 0.844. The van der Waals surface area contributed by atoms with Gasteiger partial charge < -0.3 is 9.94 Å². The molecule has 37 heavy (non-hydrogen) atoms. The lowest BCUT2D eigenvalue weighted by Crippen LogP contribution is -2.66. The van der Waals surface area contributed by atoms with E-state index in [9.17, 15) is 14.7 Å². The molecule has 0 amide bonds. The Morgan fingerprint density at radius 1 is 0.892 bits per heavy atom. The van der Waals surface area contributed by atoms with Crippen LogP contribution in [0.5, 0.6) is 0 Å². The summed E-state index contributed by atoms with van der Waals surface area (Å²) in [7, 11) is 0. The summed E-state index contributed by atoms with van der Waals surface area (Å²) in [6.45, 7) is 20.2. The number of carbonyl (C=O) groups is 2. The van der Waals surface area contributed by atoms with E-state index in [-0.39, 0.29) is 33.5 Å². The van der Waals surface area contributed by atoms with Gasteiger partial charge in [-0.15, -0.1) is 0 Å². The van der Waals surface area contributed by atoms with Crippen LogP contribution in [0.25, 0.3) is 0 Å². The minimum absolute atomic E-state index is 0.108. The third-order valence-corrected chi connectivity index (χ3v) is 13.6. The molecule has 206 valence electrons. The predicted molar refractivity (Wildman–Crippen MR) is 146 cm³/mol. The number of rotatable bonds is 3. The van der Waals surface area contributed by atoms with Crippen molar-refractivity contribution in [1.82, 2.24) is 0 Å². The highest BCUT2D eigenvalue weighted by Crippen LogP contribution is 2.77. The molecule has 1 N–H and O–H groups in total. The second-order valence-corrected chi connectivity index (χ2v) is 15.0. The first-order chi connectivity index (χ1) is 17.1. The van der Waals surface area contributed by atoms with Crippen molar-refractivity contribution in [2.75, 3.05) is 0 Å². The van der Waals surface area contributed by atoms with Gasteiger partial charge in [-0.3, -0.25) is 4.79 Å². The van der Waals surface area contributed by atoms with Gasteiger partial charge in [0.25, 0.3) is 0 Å². The maximum Gasteiger partial charge on any atom is 0.331 e. The van der Waals surface area contributed by atoms with Crippen molar-refractivity contribution in [3.8, 4) is 0 Å². The van der Waals surface area contributed by atoms with E-state index in [0.717, 1.165) is 57.1 Å². The van der Waals surface area contributed by atoms with Crippen molar-refractivity contribution < 1.29 is 19.5 Å². The smallest absolute Gasteiger partial charge is 0.331 e. The molecule has 0 aromatic carbocycles. The van der Waals surface area contributed by atoms with E-state index < -0.39 is 11.4 Å². The van der Waals surface area contributed by atoms with E-state index in [2.05, 4.69) is 53.3 Å². The summed E-state index contributed by atoms with van der Waals surface area (Å²) < 4.78 is 0. The van der Waals surface area contributed by atoms with Crippen LogP contribution in [0.4, 0.5) is 0 Å². The molecule has 0 aliphatic heterocycles. The quantitative estimate of drug-likeness (QED) is 0.240. The Bertz CT molecular complexity index is 1050. The van der Waals surface area contributed by atoms with Crippen LogP contribution in [-0.4, -0.2) is 22.8 Å². The maximum absolute atomic E-state index is 12.8. The van der Waals surface area contributed by atoms with Gasteiger partial charge in [0.1, 0.15) is 0 Å². The molecule has 9 atom stereocenters. The summed E-state index contributed by atoms with van der Waals surface area (Å²) in [5.74, 6) is 1.19. The largest absolute Gasteiger partial charge is 0.481 e. The van der Waals surface area contributed by atoms with Crippen molar-refractivity contribution in [3.63, 3.8) is 0 Å². The highest BCUT2D eigenvalue weighted by Gasteiger charge is 2.71. The molecule has 0 saturated heterocycles. The number of hydrogen-bond acceptors (Lipinski definition) is 4. The van der Waals surface area contributed by atoms with Gasteiger partial charge in [-0.2, -0.15) is 0 Å². The van der Waals surface area contributed by atoms with Crippen molar-refractivity contribution in [2.45, 2.75) is 113 Å². The van der Waals surface area contributed by atoms with E-state index in [1.54, 1.807) is 0 Å². The molecule has 1 unspecified atom stereocenters. The average Bonchev–Trinajstić information content (AvgIpc) is 3.20. The molecular weight excluding hydrogens is 462 g/mol. The molecule has 5 fully saturated rings. The monoisotopic (exact) mass is 511 g/mol. The van der Waals surface area contributed by atoms with Gasteiger partial charge >= 0.3 is 11.9 Å². The fourth-order valence-corrected chi connectivity index (χ4v) is 11.6. The van der Waals surface area contributed by atoms with Gasteiger partial charge in [0.05, 0.1) is 11.1 Å². The molecule has 0 heterocycles. The van der Waals surface area contributed by atoms with E-state index >= 15 is 0 Å². The van der Waals surface area contributed by atoms with Crippen LogP contribution in [0.3, 0.4) is 0 Å². The minimum atomic E-state index is -0.562. The number of carboxylic acid groups (broad SMARTS) is 1. The van der Waals surface area contributed by atoms with Gasteiger partial charge in [-0.1, -0.05) is 51.9 Å². The Balaban J connectivity index is 1.52. The van der Waals surface area contributed by atoms with E-state index in [4.69, 9.17) is 4.84 Å². The minimum Gasteiger partial charge on any atom is -0.481 e. The molecule has 5 aliphatic rings. The molecule has 0 bridgehead atoms. The maximum atomic E-state index is 12.8. The molecule has 5 rings (SSSR count). The summed E-state index contributed by atoms with van der Waals surface area (Å²) >= 11 is 0. The number of oxime groups is 1. The molecule has 0 aromatic heterocycles. The molecule has 5 heteroatoms. The molecule has 5 saturated carbocycles. The number of carboxylic acids is 1. The van der Waals surface area contributed by atoms with Crippen LogP contribution in [0, 0.1) is 56.7 Å². The molecule has 0 spiro atoms. The van der Waals surface area contributed by atoms with Crippen molar-refractivity contribution in [3.05, 3.63) is 12.2 Å². The van der Waals surface area contributed by atoms with Crippen LogP contribution in [0.2, 0.25) is 0 Å². The number of allylic oxidation sites excluding steroid dienone is 1. The zero-order chi connectivity index (χ0) is 27.2. The Kier molecular flexibility index (Phi) is 6.13. The lowest BCUT2D eigenvalue weighted by atomic mass is 9.32. The third-order valence-electron chi connectivity index (χ3n) is 13.6. The van der Waals surface area contributed by atoms with Crippen LogP contribution in [0.15, 0.2) is 17.3 Å². The molecule has 0 radical (unpaired) electrons. The first-order valence-electron chi connectivity index (χ1n) is 14.8. The van der Waals surface area contributed by atoms with Crippen molar-refractivity contribution >= 4 is 17.7 Å². The normalized spacial score (nSPS) is 49.3. The lowest BCUT2D eigenvalue weighted by Gasteiger charge is -2.72. The number of fused-ring (bicyclic) bond motifs is 7. The number of hydrogen-bond donors (Lipinski definition) is 1.